The Morgan fingerprint density at radius 3 is 2.18 bits per heavy atom. The second kappa shape index (κ2) is 10.3. The topological polar surface area (TPSA) is 81.7 Å². The van der Waals surface area contributed by atoms with Crippen LogP contribution in [0.5, 0.6) is 0 Å². The lowest BCUT2D eigenvalue weighted by Gasteiger charge is -2.17. The lowest BCUT2D eigenvalue weighted by molar-refractivity contribution is -0.168. The fraction of sp³-hybridized carbons (Fsp3) is 0.318. The molecule has 0 aliphatic heterocycles. The molecule has 1 atom stereocenters. The van der Waals surface area contributed by atoms with Crippen LogP contribution in [-0.2, 0) is 23.9 Å². The number of nitrogens with one attached hydrogen (secondary N) is 1. The van der Waals surface area contributed by atoms with Gasteiger partial charge in [0.1, 0.15) is 0 Å². The standard InChI is InChI=1S/C22H25NO5/c1-4-27-22(26)21(17-11-6-5-7-12-17)28-19(25)14-13-18(24)23-20-15(2)9-8-10-16(20)3/h5-12,21H,4,13-14H2,1-3H3,(H,23,24)/t21-/m1/s1. The number of aryl methyl sites for hydroxylation is 2. The summed E-state index contributed by atoms with van der Waals surface area (Å²) in [6.45, 7) is 5.67. The van der Waals surface area contributed by atoms with Crippen molar-refractivity contribution < 1.29 is 23.9 Å². The molecule has 0 aromatic heterocycles. The Morgan fingerprint density at radius 2 is 1.57 bits per heavy atom. The Hall–Kier alpha value is -3.15. The summed E-state index contributed by atoms with van der Waals surface area (Å²) in [5.74, 6) is -1.57. The van der Waals surface area contributed by atoms with E-state index in [-0.39, 0.29) is 25.4 Å². The molecule has 28 heavy (non-hydrogen) atoms. The van der Waals surface area contributed by atoms with Crippen LogP contribution in [0.1, 0.15) is 42.6 Å². The summed E-state index contributed by atoms with van der Waals surface area (Å²) in [6, 6.07) is 14.4. The first-order valence-electron chi connectivity index (χ1n) is 9.19. The molecule has 6 heteroatoms. The lowest BCUT2D eigenvalue weighted by atomic mass is 10.1. The van der Waals surface area contributed by atoms with Gasteiger partial charge in [0, 0.05) is 17.7 Å². The largest absolute Gasteiger partial charge is 0.463 e. The van der Waals surface area contributed by atoms with Crippen LogP contribution in [0, 0.1) is 13.8 Å². The molecule has 1 N–H and O–H groups in total. The Kier molecular flexibility index (Phi) is 7.75. The van der Waals surface area contributed by atoms with E-state index >= 15 is 0 Å². The lowest BCUT2D eigenvalue weighted by Crippen LogP contribution is -2.23. The third kappa shape index (κ3) is 5.94. The van der Waals surface area contributed by atoms with Crippen molar-refractivity contribution in [3.8, 4) is 0 Å². The van der Waals surface area contributed by atoms with Gasteiger partial charge in [0.15, 0.2) is 0 Å². The molecule has 0 fully saturated rings. The van der Waals surface area contributed by atoms with Gasteiger partial charge in [-0.3, -0.25) is 9.59 Å². The molecule has 0 saturated carbocycles. The third-order valence-electron chi connectivity index (χ3n) is 4.15. The molecule has 1 amide bonds. The summed E-state index contributed by atoms with van der Waals surface area (Å²) < 4.78 is 10.3. The highest BCUT2D eigenvalue weighted by Gasteiger charge is 2.26. The smallest absolute Gasteiger partial charge is 0.352 e. The van der Waals surface area contributed by atoms with Gasteiger partial charge < -0.3 is 14.8 Å². The molecule has 0 bridgehead atoms. The highest BCUT2D eigenvalue weighted by atomic mass is 16.6. The highest BCUT2D eigenvalue weighted by Crippen LogP contribution is 2.21. The molecule has 148 valence electrons. The minimum Gasteiger partial charge on any atom is -0.463 e. The van der Waals surface area contributed by atoms with Crippen molar-refractivity contribution in [3.05, 3.63) is 65.2 Å². The molecule has 0 heterocycles. The Morgan fingerprint density at radius 1 is 0.929 bits per heavy atom. The fourth-order valence-corrected chi connectivity index (χ4v) is 2.72. The van der Waals surface area contributed by atoms with Crippen molar-refractivity contribution in [2.24, 2.45) is 0 Å². The van der Waals surface area contributed by atoms with E-state index in [0.717, 1.165) is 16.8 Å². The van der Waals surface area contributed by atoms with Crippen LogP contribution in [-0.4, -0.2) is 24.5 Å². The van der Waals surface area contributed by atoms with Crippen molar-refractivity contribution in [3.63, 3.8) is 0 Å². The van der Waals surface area contributed by atoms with Crippen LogP contribution in [0.4, 0.5) is 5.69 Å². The first-order valence-corrected chi connectivity index (χ1v) is 9.19. The van der Waals surface area contributed by atoms with E-state index in [1.807, 2.05) is 32.0 Å². The van der Waals surface area contributed by atoms with Gasteiger partial charge in [0.2, 0.25) is 12.0 Å². The van der Waals surface area contributed by atoms with Crippen LogP contribution < -0.4 is 5.32 Å². The van der Waals surface area contributed by atoms with Gasteiger partial charge >= 0.3 is 11.9 Å². The van der Waals surface area contributed by atoms with E-state index in [1.165, 1.54) is 0 Å². The average molecular weight is 383 g/mol. The number of carbonyl (C=O) groups is 3. The van der Waals surface area contributed by atoms with E-state index in [1.54, 1.807) is 37.3 Å². The molecule has 2 aromatic carbocycles. The van der Waals surface area contributed by atoms with E-state index in [0.29, 0.717) is 5.56 Å². The number of benzene rings is 2. The predicted molar refractivity (Wildman–Crippen MR) is 106 cm³/mol. The van der Waals surface area contributed by atoms with Gasteiger partial charge in [0.05, 0.1) is 13.0 Å². The van der Waals surface area contributed by atoms with Crippen LogP contribution in [0.2, 0.25) is 0 Å². The molecule has 0 spiro atoms. The summed E-state index contributed by atoms with van der Waals surface area (Å²) in [4.78, 5) is 36.6. The molecule has 2 aromatic rings. The molecule has 0 aliphatic carbocycles. The summed E-state index contributed by atoms with van der Waals surface area (Å²) in [7, 11) is 0. The number of carbonyl (C=O) groups excluding carboxylic acids is 3. The van der Waals surface area contributed by atoms with Crippen molar-refractivity contribution in [1.82, 2.24) is 0 Å². The fourth-order valence-electron chi connectivity index (χ4n) is 2.72. The summed E-state index contributed by atoms with van der Waals surface area (Å²) >= 11 is 0. The number of rotatable bonds is 8. The normalized spacial score (nSPS) is 11.4. The van der Waals surface area contributed by atoms with Gasteiger partial charge in [-0.15, -0.1) is 0 Å². The number of anilines is 1. The van der Waals surface area contributed by atoms with Crippen molar-refractivity contribution in [2.75, 3.05) is 11.9 Å². The summed E-state index contributed by atoms with van der Waals surface area (Å²) in [5.41, 5.74) is 3.16. The van der Waals surface area contributed by atoms with Crippen molar-refractivity contribution in [2.45, 2.75) is 39.7 Å². The quantitative estimate of drug-likeness (QED) is 0.700. The van der Waals surface area contributed by atoms with E-state index in [9.17, 15) is 14.4 Å². The minimum absolute atomic E-state index is 0.0447. The molecule has 6 nitrogen and oxygen atoms in total. The second-order valence-corrected chi connectivity index (χ2v) is 6.35. The summed E-state index contributed by atoms with van der Waals surface area (Å²) in [6.07, 6.45) is -1.33. The maximum absolute atomic E-state index is 12.2. The molecule has 0 unspecified atom stereocenters. The van der Waals surface area contributed by atoms with E-state index in [2.05, 4.69) is 5.32 Å². The average Bonchev–Trinajstić information content (AvgIpc) is 2.68. The van der Waals surface area contributed by atoms with Crippen LogP contribution in [0.25, 0.3) is 0 Å². The van der Waals surface area contributed by atoms with Crippen LogP contribution >= 0.6 is 0 Å². The molecule has 0 aliphatic rings. The number of amides is 1. The van der Waals surface area contributed by atoms with Crippen LogP contribution in [0.3, 0.4) is 0 Å². The molecule has 0 radical (unpaired) electrons. The maximum atomic E-state index is 12.2. The minimum atomic E-state index is -1.14. The van der Waals surface area contributed by atoms with Gasteiger partial charge in [-0.1, -0.05) is 48.5 Å². The number of para-hydroxylation sites is 1. The summed E-state index contributed by atoms with van der Waals surface area (Å²) in [5, 5.41) is 2.82. The Balaban J connectivity index is 1.95. The zero-order valence-corrected chi connectivity index (χ0v) is 16.4. The Bertz CT molecular complexity index is 812. The molecule has 0 saturated heterocycles. The monoisotopic (exact) mass is 383 g/mol. The number of esters is 2. The predicted octanol–water partition coefficient (Wildman–Crippen LogP) is 3.87. The number of hydrogen-bond donors (Lipinski definition) is 1. The zero-order valence-electron chi connectivity index (χ0n) is 16.4. The SMILES string of the molecule is CCOC(=O)[C@H](OC(=O)CCC(=O)Nc1c(C)cccc1C)c1ccccc1. The van der Waals surface area contributed by atoms with Gasteiger partial charge in [0.25, 0.3) is 0 Å². The van der Waals surface area contributed by atoms with Crippen molar-refractivity contribution in [1.29, 1.82) is 0 Å². The first-order chi connectivity index (χ1) is 13.4. The van der Waals surface area contributed by atoms with Gasteiger partial charge in [-0.05, 0) is 31.9 Å². The van der Waals surface area contributed by atoms with E-state index < -0.39 is 18.0 Å². The Labute approximate surface area is 164 Å². The first kappa shape index (κ1) is 21.2. The van der Waals surface area contributed by atoms with E-state index in [4.69, 9.17) is 9.47 Å². The van der Waals surface area contributed by atoms with Crippen molar-refractivity contribution >= 4 is 23.5 Å². The molecular weight excluding hydrogens is 358 g/mol. The third-order valence-corrected chi connectivity index (χ3v) is 4.15. The highest BCUT2D eigenvalue weighted by molar-refractivity contribution is 5.94. The van der Waals surface area contributed by atoms with Gasteiger partial charge in [-0.25, -0.2) is 4.79 Å². The maximum Gasteiger partial charge on any atom is 0.352 e. The second-order valence-electron chi connectivity index (χ2n) is 6.35. The zero-order chi connectivity index (χ0) is 20.5. The van der Waals surface area contributed by atoms with Gasteiger partial charge in [-0.2, -0.15) is 0 Å². The number of ether oxygens (including phenoxy) is 2. The molecule has 2 rings (SSSR count). The van der Waals surface area contributed by atoms with Crippen LogP contribution in [0.15, 0.2) is 48.5 Å². The number of hydrogen-bond acceptors (Lipinski definition) is 5. The molecular formula is C22H25NO5.